The molecule has 2 unspecified atom stereocenters. The van der Waals surface area contributed by atoms with Gasteiger partial charge in [0.25, 0.3) is 0 Å². The highest BCUT2D eigenvalue weighted by atomic mass is 16.2. The van der Waals surface area contributed by atoms with Gasteiger partial charge < -0.3 is 20.9 Å². The van der Waals surface area contributed by atoms with Crippen LogP contribution in [0.15, 0.2) is 0 Å². The smallest absolute Gasteiger partial charge is 0.238 e. The van der Waals surface area contributed by atoms with Crippen LogP contribution in [0.4, 0.5) is 0 Å². The molecule has 0 aromatic rings. The topological polar surface area (TPSA) is 95.7 Å². The summed E-state index contributed by atoms with van der Waals surface area (Å²) in [6.45, 7) is 2.75. The molecule has 2 saturated heterocycles. The number of hydrogen-bond acceptors (Lipinski definition) is 4. The standard InChI is InChI=1S/C16H26N4O3/c1-18-7-9-20-12-4-8-19(10-11(12)2-3-13(20)21)15(23)16(5-6-16)14(17)22/h11-12,18H,2-10H2,1H3,(H2,17,22). The Bertz CT molecular complexity index is 517. The molecule has 128 valence electrons. The molecule has 23 heavy (non-hydrogen) atoms. The quantitative estimate of drug-likeness (QED) is 0.655. The van der Waals surface area contributed by atoms with E-state index in [-0.39, 0.29) is 17.9 Å². The fraction of sp³-hybridized carbons (Fsp3) is 0.812. The molecule has 0 spiro atoms. The molecule has 3 fully saturated rings. The number of carbonyl (C=O) groups is 3. The zero-order chi connectivity index (χ0) is 16.6. The number of nitrogens with zero attached hydrogens (tertiary/aromatic N) is 2. The average molecular weight is 322 g/mol. The van der Waals surface area contributed by atoms with Gasteiger partial charge in [0.1, 0.15) is 5.41 Å². The minimum absolute atomic E-state index is 0.0953. The van der Waals surface area contributed by atoms with Crippen molar-refractivity contribution in [1.29, 1.82) is 0 Å². The molecule has 7 heteroatoms. The summed E-state index contributed by atoms with van der Waals surface area (Å²) in [4.78, 5) is 40.2. The zero-order valence-corrected chi connectivity index (χ0v) is 13.7. The first-order valence-corrected chi connectivity index (χ1v) is 8.53. The molecule has 3 rings (SSSR count). The van der Waals surface area contributed by atoms with Crippen LogP contribution in [0, 0.1) is 11.3 Å². The number of likely N-dealkylation sites (tertiary alicyclic amines) is 2. The predicted molar refractivity (Wildman–Crippen MR) is 84.2 cm³/mol. The number of carbonyl (C=O) groups excluding carboxylic acids is 3. The maximum Gasteiger partial charge on any atom is 0.238 e. The molecule has 3 N–H and O–H groups in total. The van der Waals surface area contributed by atoms with E-state index in [4.69, 9.17) is 5.73 Å². The molecule has 2 heterocycles. The van der Waals surface area contributed by atoms with Crippen molar-refractivity contribution in [2.45, 2.75) is 38.1 Å². The Kier molecular flexibility index (Phi) is 4.31. The number of amides is 3. The van der Waals surface area contributed by atoms with Crippen LogP contribution in [0.5, 0.6) is 0 Å². The van der Waals surface area contributed by atoms with Crippen LogP contribution in [0.3, 0.4) is 0 Å². The van der Waals surface area contributed by atoms with Gasteiger partial charge in [0, 0.05) is 38.6 Å². The van der Waals surface area contributed by atoms with Gasteiger partial charge in [-0.25, -0.2) is 0 Å². The molecule has 2 atom stereocenters. The second-order valence-electron chi connectivity index (χ2n) is 7.04. The van der Waals surface area contributed by atoms with E-state index in [1.807, 2.05) is 16.8 Å². The van der Waals surface area contributed by atoms with Gasteiger partial charge in [-0.1, -0.05) is 0 Å². The van der Waals surface area contributed by atoms with Crippen LogP contribution in [0.25, 0.3) is 0 Å². The number of piperidine rings is 2. The Hall–Kier alpha value is -1.63. The van der Waals surface area contributed by atoms with Crippen LogP contribution in [-0.4, -0.2) is 66.8 Å². The van der Waals surface area contributed by atoms with Gasteiger partial charge in [0.15, 0.2) is 0 Å². The molecule has 1 saturated carbocycles. The molecule has 0 bridgehead atoms. The number of nitrogens with two attached hydrogens (primary N) is 1. The van der Waals surface area contributed by atoms with Crippen molar-refractivity contribution in [2.75, 3.05) is 33.2 Å². The predicted octanol–water partition coefficient (Wildman–Crippen LogP) is -0.689. The highest BCUT2D eigenvalue weighted by Gasteiger charge is 2.57. The highest BCUT2D eigenvalue weighted by molar-refractivity contribution is 6.07. The fourth-order valence-electron chi connectivity index (χ4n) is 4.05. The summed E-state index contributed by atoms with van der Waals surface area (Å²) >= 11 is 0. The third-order valence-electron chi connectivity index (χ3n) is 5.66. The van der Waals surface area contributed by atoms with Crippen LogP contribution >= 0.6 is 0 Å². The van der Waals surface area contributed by atoms with Gasteiger partial charge in [-0.15, -0.1) is 0 Å². The van der Waals surface area contributed by atoms with Crippen molar-refractivity contribution in [3.8, 4) is 0 Å². The Morgan fingerprint density at radius 2 is 2.09 bits per heavy atom. The van der Waals surface area contributed by atoms with E-state index in [0.29, 0.717) is 38.3 Å². The maximum absolute atomic E-state index is 12.7. The van der Waals surface area contributed by atoms with Crippen LogP contribution < -0.4 is 11.1 Å². The maximum atomic E-state index is 12.7. The Balaban J connectivity index is 1.66. The Morgan fingerprint density at radius 1 is 1.35 bits per heavy atom. The van der Waals surface area contributed by atoms with Crippen molar-refractivity contribution in [3.63, 3.8) is 0 Å². The monoisotopic (exact) mass is 322 g/mol. The van der Waals surface area contributed by atoms with Gasteiger partial charge in [0.05, 0.1) is 0 Å². The van der Waals surface area contributed by atoms with Gasteiger partial charge in [-0.05, 0) is 38.6 Å². The van der Waals surface area contributed by atoms with E-state index < -0.39 is 11.3 Å². The minimum Gasteiger partial charge on any atom is -0.369 e. The SMILES string of the molecule is CNCCN1C(=O)CCC2CN(C(=O)C3(C(N)=O)CC3)CCC21. The van der Waals surface area contributed by atoms with Crippen molar-refractivity contribution in [2.24, 2.45) is 17.1 Å². The summed E-state index contributed by atoms with van der Waals surface area (Å²) in [6, 6.07) is 0.220. The molecular weight excluding hydrogens is 296 g/mol. The number of nitrogens with one attached hydrogen (secondary N) is 1. The molecule has 0 radical (unpaired) electrons. The molecule has 7 nitrogen and oxygen atoms in total. The van der Waals surface area contributed by atoms with E-state index in [9.17, 15) is 14.4 Å². The van der Waals surface area contributed by atoms with E-state index in [0.717, 1.165) is 25.9 Å². The van der Waals surface area contributed by atoms with Gasteiger partial charge in [-0.3, -0.25) is 14.4 Å². The third-order valence-corrected chi connectivity index (χ3v) is 5.66. The molecule has 1 aliphatic carbocycles. The third kappa shape index (κ3) is 2.82. The first-order valence-electron chi connectivity index (χ1n) is 8.53. The average Bonchev–Trinajstić information content (AvgIpc) is 3.35. The first kappa shape index (κ1) is 16.2. The second kappa shape index (κ2) is 6.11. The van der Waals surface area contributed by atoms with Gasteiger partial charge in [-0.2, -0.15) is 0 Å². The summed E-state index contributed by atoms with van der Waals surface area (Å²) in [5, 5.41) is 3.09. The first-order chi connectivity index (χ1) is 11.0. The fourth-order valence-corrected chi connectivity index (χ4v) is 4.05. The second-order valence-corrected chi connectivity index (χ2v) is 7.04. The molecule has 0 aromatic heterocycles. The lowest BCUT2D eigenvalue weighted by Gasteiger charge is -2.47. The summed E-state index contributed by atoms with van der Waals surface area (Å²) in [6.07, 6.45) is 3.33. The van der Waals surface area contributed by atoms with E-state index >= 15 is 0 Å². The van der Waals surface area contributed by atoms with Gasteiger partial charge >= 0.3 is 0 Å². The minimum atomic E-state index is -0.927. The number of rotatable bonds is 5. The lowest BCUT2D eigenvalue weighted by molar-refractivity contribution is -0.148. The van der Waals surface area contributed by atoms with Gasteiger partial charge in [0.2, 0.25) is 17.7 Å². The van der Waals surface area contributed by atoms with Crippen molar-refractivity contribution in [1.82, 2.24) is 15.1 Å². The van der Waals surface area contributed by atoms with Crippen LogP contribution in [0.2, 0.25) is 0 Å². The van der Waals surface area contributed by atoms with Crippen LogP contribution in [0.1, 0.15) is 32.1 Å². The highest BCUT2D eigenvalue weighted by Crippen LogP contribution is 2.47. The number of hydrogen-bond donors (Lipinski definition) is 2. The number of primary amides is 1. The van der Waals surface area contributed by atoms with Crippen LogP contribution in [-0.2, 0) is 14.4 Å². The lowest BCUT2D eigenvalue weighted by atomic mass is 9.83. The largest absolute Gasteiger partial charge is 0.369 e. The zero-order valence-electron chi connectivity index (χ0n) is 13.7. The number of fused-ring (bicyclic) bond motifs is 1. The lowest BCUT2D eigenvalue weighted by Crippen LogP contribution is -2.59. The summed E-state index contributed by atoms with van der Waals surface area (Å²) in [7, 11) is 1.88. The van der Waals surface area contributed by atoms with E-state index in [2.05, 4.69) is 5.32 Å². The molecule has 0 aromatic carbocycles. The van der Waals surface area contributed by atoms with Crippen molar-refractivity contribution < 1.29 is 14.4 Å². The normalized spacial score (nSPS) is 29.2. The molecule has 3 aliphatic rings. The molecule has 2 aliphatic heterocycles. The van der Waals surface area contributed by atoms with Crippen molar-refractivity contribution >= 4 is 17.7 Å². The summed E-state index contributed by atoms with van der Waals surface area (Å²) in [5.41, 5.74) is 4.49. The van der Waals surface area contributed by atoms with E-state index in [1.54, 1.807) is 0 Å². The Morgan fingerprint density at radius 3 is 2.70 bits per heavy atom. The summed E-state index contributed by atoms with van der Waals surface area (Å²) in [5.74, 6) is -0.0516. The molecule has 3 amide bonds. The molecular formula is C16H26N4O3. The van der Waals surface area contributed by atoms with E-state index in [1.165, 1.54) is 0 Å². The van der Waals surface area contributed by atoms with Crippen molar-refractivity contribution in [3.05, 3.63) is 0 Å². The number of likely N-dealkylation sites (N-methyl/N-ethyl adjacent to an activating group) is 1. The Labute approximate surface area is 136 Å². The summed E-state index contributed by atoms with van der Waals surface area (Å²) < 4.78 is 0.